The van der Waals surface area contributed by atoms with E-state index in [4.69, 9.17) is 14.6 Å². The minimum atomic E-state index is -1.26. The van der Waals surface area contributed by atoms with Crippen molar-refractivity contribution < 1.29 is 29.3 Å². The van der Waals surface area contributed by atoms with Crippen molar-refractivity contribution in [2.75, 3.05) is 13.2 Å². The molecular formula is C18H18O6. The van der Waals surface area contributed by atoms with Crippen LogP contribution in [-0.2, 0) is 0 Å². The van der Waals surface area contributed by atoms with Crippen molar-refractivity contribution >= 4 is 11.8 Å². The van der Waals surface area contributed by atoms with Crippen LogP contribution in [0, 0.1) is 0 Å². The maximum Gasteiger partial charge on any atom is 0.339 e. The van der Waals surface area contributed by atoms with Crippen LogP contribution in [0.5, 0.6) is 17.2 Å². The first-order chi connectivity index (χ1) is 11.5. The molecule has 0 aliphatic heterocycles. The van der Waals surface area contributed by atoms with Crippen LogP contribution in [0.2, 0.25) is 0 Å². The van der Waals surface area contributed by atoms with Gasteiger partial charge in [0.25, 0.3) is 0 Å². The predicted molar refractivity (Wildman–Crippen MR) is 87.3 cm³/mol. The van der Waals surface area contributed by atoms with Gasteiger partial charge in [0.2, 0.25) is 0 Å². The number of hydrogen-bond donors (Lipinski definition) is 2. The molecule has 0 saturated heterocycles. The summed E-state index contributed by atoms with van der Waals surface area (Å²) in [7, 11) is 0. The summed E-state index contributed by atoms with van der Waals surface area (Å²) in [5, 5.41) is 18.7. The summed E-state index contributed by atoms with van der Waals surface area (Å²) in [5.74, 6) is -1.21. The van der Waals surface area contributed by atoms with Crippen molar-refractivity contribution in [1.29, 1.82) is 0 Å². The molecule has 6 nitrogen and oxygen atoms in total. The van der Waals surface area contributed by atoms with E-state index >= 15 is 0 Å². The molecule has 0 spiro atoms. The third-order valence-electron chi connectivity index (χ3n) is 3.30. The molecule has 2 N–H and O–H groups in total. The van der Waals surface area contributed by atoms with Gasteiger partial charge < -0.3 is 19.7 Å². The number of rotatable bonds is 7. The largest absolute Gasteiger partial charge is 0.507 e. The molecule has 6 heteroatoms. The Kier molecular flexibility index (Phi) is 5.42. The Morgan fingerprint density at radius 1 is 0.958 bits per heavy atom. The monoisotopic (exact) mass is 330 g/mol. The third-order valence-corrected chi connectivity index (χ3v) is 3.30. The van der Waals surface area contributed by atoms with E-state index in [1.165, 1.54) is 12.1 Å². The smallest absolute Gasteiger partial charge is 0.339 e. The lowest BCUT2D eigenvalue weighted by molar-refractivity contribution is 0.0693. The Labute approximate surface area is 139 Å². The van der Waals surface area contributed by atoms with E-state index in [-0.39, 0.29) is 16.7 Å². The highest BCUT2D eigenvalue weighted by Gasteiger charge is 2.19. The molecule has 0 amide bonds. The summed E-state index contributed by atoms with van der Waals surface area (Å²) in [6.45, 7) is 4.48. The van der Waals surface area contributed by atoms with Crippen LogP contribution in [-0.4, -0.2) is 35.2 Å². The standard InChI is InChI=1S/C18H18O6/c1-3-23-12-6-8-16(24-4-2)14(10-12)17(20)11-5-7-13(18(21)22)15(19)9-11/h5-10,19H,3-4H2,1-2H3,(H,21,22). The lowest BCUT2D eigenvalue weighted by atomic mass is 10.00. The second-order valence-electron chi connectivity index (χ2n) is 4.89. The van der Waals surface area contributed by atoms with Gasteiger partial charge in [0.15, 0.2) is 5.78 Å². The number of carbonyl (C=O) groups is 2. The highest BCUT2D eigenvalue weighted by molar-refractivity contribution is 6.11. The van der Waals surface area contributed by atoms with Crippen molar-refractivity contribution in [2.24, 2.45) is 0 Å². The summed E-state index contributed by atoms with van der Waals surface area (Å²) in [5.41, 5.74) is 0.178. The predicted octanol–water partition coefficient (Wildman–Crippen LogP) is 3.12. The Balaban J connectivity index is 2.45. The number of phenols is 1. The fourth-order valence-electron chi connectivity index (χ4n) is 2.23. The highest BCUT2D eigenvalue weighted by Crippen LogP contribution is 2.28. The fourth-order valence-corrected chi connectivity index (χ4v) is 2.23. The first-order valence-corrected chi connectivity index (χ1v) is 7.48. The van der Waals surface area contributed by atoms with Gasteiger partial charge in [-0.2, -0.15) is 0 Å². The Hall–Kier alpha value is -3.02. The number of aromatic hydroxyl groups is 1. The molecule has 0 aliphatic carbocycles. The SMILES string of the molecule is CCOc1ccc(OCC)c(C(=O)c2ccc(C(=O)O)c(O)c2)c1. The van der Waals surface area contributed by atoms with E-state index in [0.29, 0.717) is 24.7 Å². The molecule has 0 saturated carbocycles. The van der Waals surface area contributed by atoms with Crippen molar-refractivity contribution in [3.63, 3.8) is 0 Å². The molecule has 2 rings (SSSR count). The molecule has 0 aliphatic rings. The zero-order valence-electron chi connectivity index (χ0n) is 13.4. The van der Waals surface area contributed by atoms with Crippen molar-refractivity contribution in [2.45, 2.75) is 13.8 Å². The van der Waals surface area contributed by atoms with Gasteiger partial charge in [-0.05, 0) is 50.2 Å². The van der Waals surface area contributed by atoms with Gasteiger partial charge in [0, 0.05) is 5.56 Å². The molecule has 2 aromatic carbocycles. The molecule has 0 bridgehead atoms. The Morgan fingerprint density at radius 3 is 2.25 bits per heavy atom. The molecule has 24 heavy (non-hydrogen) atoms. The van der Waals surface area contributed by atoms with Crippen LogP contribution in [0.3, 0.4) is 0 Å². The number of ketones is 1. The number of ether oxygens (including phenoxy) is 2. The van der Waals surface area contributed by atoms with E-state index in [9.17, 15) is 14.7 Å². The molecule has 2 aromatic rings. The number of carboxylic acid groups (broad SMARTS) is 1. The Bertz CT molecular complexity index is 766. The minimum absolute atomic E-state index is 0.159. The topological polar surface area (TPSA) is 93.1 Å². The van der Waals surface area contributed by atoms with E-state index in [1.807, 2.05) is 6.92 Å². The average Bonchev–Trinajstić information content (AvgIpc) is 2.55. The van der Waals surface area contributed by atoms with Gasteiger partial charge >= 0.3 is 5.97 Å². The zero-order valence-corrected chi connectivity index (χ0v) is 13.4. The fraction of sp³-hybridized carbons (Fsp3) is 0.222. The lowest BCUT2D eigenvalue weighted by Crippen LogP contribution is -2.07. The van der Waals surface area contributed by atoms with Crippen molar-refractivity contribution in [1.82, 2.24) is 0 Å². The summed E-state index contributed by atoms with van der Waals surface area (Å²) < 4.78 is 10.9. The quantitative estimate of drug-likeness (QED) is 0.758. The van der Waals surface area contributed by atoms with E-state index in [0.717, 1.165) is 6.07 Å². The number of hydrogen-bond acceptors (Lipinski definition) is 5. The first-order valence-electron chi connectivity index (χ1n) is 7.48. The third kappa shape index (κ3) is 3.65. The maximum atomic E-state index is 12.7. The van der Waals surface area contributed by atoms with E-state index < -0.39 is 17.5 Å². The number of carboxylic acids is 1. The number of carbonyl (C=O) groups excluding carboxylic acids is 1. The van der Waals surface area contributed by atoms with Crippen LogP contribution >= 0.6 is 0 Å². The molecule has 126 valence electrons. The summed E-state index contributed by atoms with van der Waals surface area (Å²) in [6, 6.07) is 8.60. The van der Waals surface area contributed by atoms with Gasteiger partial charge in [0.05, 0.1) is 18.8 Å². The Morgan fingerprint density at radius 2 is 1.67 bits per heavy atom. The minimum Gasteiger partial charge on any atom is -0.507 e. The lowest BCUT2D eigenvalue weighted by Gasteiger charge is -2.12. The summed E-state index contributed by atoms with van der Waals surface area (Å²) in [6.07, 6.45) is 0. The van der Waals surface area contributed by atoms with Gasteiger partial charge in [0.1, 0.15) is 22.8 Å². The van der Waals surface area contributed by atoms with Crippen LogP contribution in [0.4, 0.5) is 0 Å². The second-order valence-corrected chi connectivity index (χ2v) is 4.89. The maximum absolute atomic E-state index is 12.7. The van der Waals surface area contributed by atoms with Crippen LogP contribution in [0.25, 0.3) is 0 Å². The van der Waals surface area contributed by atoms with Gasteiger partial charge in [-0.3, -0.25) is 4.79 Å². The average molecular weight is 330 g/mol. The number of benzene rings is 2. The summed E-state index contributed by atoms with van der Waals surface area (Å²) >= 11 is 0. The van der Waals surface area contributed by atoms with Crippen LogP contribution in [0.15, 0.2) is 36.4 Å². The van der Waals surface area contributed by atoms with Crippen LogP contribution in [0.1, 0.15) is 40.1 Å². The molecule has 0 heterocycles. The zero-order chi connectivity index (χ0) is 17.7. The second kappa shape index (κ2) is 7.50. The molecular weight excluding hydrogens is 312 g/mol. The first kappa shape index (κ1) is 17.3. The summed E-state index contributed by atoms with van der Waals surface area (Å²) in [4.78, 5) is 23.7. The highest BCUT2D eigenvalue weighted by atomic mass is 16.5. The van der Waals surface area contributed by atoms with Crippen molar-refractivity contribution in [3.05, 3.63) is 53.1 Å². The molecule has 0 unspecified atom stereocenters. The van der Waals surface area contributed by atoms with Crippen molar-refractivity contribution in [3.8, 4) is 17.2 Å². The van der Waals surface area contributed by atoms with Gasteiger partial charge in [-0.1, -0.05) is 0 Å². The molecule has 0 fully saturated rings. The number of aromatic carboxylic acids is 1. The van der Waals surface area contributed by atoms with Crippen LogP contribution < -0.4 is 9.47 Å². The van der Waals surface area contributed by atoms with E-state index in [2.05, 4.69) is 0 Å². The molecule has 0 atom stereocenters. The normalized spacial score (nSPS) is 10.2. The van der Waals surface area contributed by atoms with E-state index in [1.54, 1.807) is 25.1 Å². The molecule has 0 radical (unpaired) electrons. The van der Waals surface area contributed by atoms with Gasteiger partial charge in [-0.25, -0.2) is 4.79 Å². The van der Waals surface area contributed by atoms with Gasteiger partial charge in [-0.15, -0.1) is 0 Å². The molecule has 0 aromatic heterocycles.